The van der Waals surface area contributed by atoms with E-state index >= 15 is 0 Å². The third kappa shape index (κ3) is 4.24. The summed E-state index contributed by atoms with van der Waals surface area (Å²) in [5.74, 6) is 2.08. The van der Waals surface area contributed by atoms with Gasteiger partial charge in [-0.05, 0) is 37.6 Å². The summed E-state index contributed by atoms with van der Waals surface area (Å²) < 4.78 is 10.3. The lowest BCUT2D eigenvalue weighted by atomic mass is 10.2. The van der Waals surface area contributed by atoms with Gasteiger partial charge in [0.1, 0.15) is 6.54 Å². The highest BCUT2D eigenvalue weighted by molar-refractivity contribution is 5.89. The van der Waals surface area contributed by atoms with Crippen LogP contribution in [0.5, 0.6) is 0 Å². The number of aromatic nitrogens is 4. The largest absolute Gasteiger partial charge is 0.337 e. The molecule has 3 aromatic rings. The van der Waals surface area contributed by atoms with E-state index in [-0.39, 0.29) is 12.6 Å². The van der Waals surface area contributed by atoms with Crippen molar-refractivity contribution >= 4 is 11.7 Å². The highest BCUT2D eigenvalue weighted by Crippen LogP contribution is 2.19. The van der Waals surface area contributed by atoms with Crippen LogP contribution in [0.1, 0.15) is 30.9 Å². The van der Waals surface area contributed by atoms with Gasteiger partial charge in [-0.1, -0.05) is 17.2 Å². The summed E-state index contributed by atoms with van der Waals surface area (Å²) in [5.41, 5.74) is 1.44. The zero-order chi connectivity index (χ0) is 18.5. The number of nitrogens with one attached hydrogen (secondary N) is 1. The van der Waals surface area contributed by atoms with Crippen LogP contribution in [0.3, 0.4) is 0 Å². The zero-order valence-corrected chi connectivity index (χ0v) is 14.9. The molecule has 2 aromatic heterocycles. The molecular formula is C17H20N6O3. The molecule has 0 aliphatic heterocycles. The van der Waals surface area contributed by atoms with Gasteiger partial charge in [0.25, 0.3) is 5.89 Å². The Balaban J connectivity index is 1.58. The Hall–Kier alpha value is -3.23. The lowest BCUT2D eigenvalue weighted by molar-refractivity contribution is 0.213. The van der Waals surface area contributed by atoms with E-state index in [0.717, 1.165) is 18.4 Å². The third-order valence-electron chi connectivity index (χ3n) is 3.61. The molecule has 3 rings (SSSR count). The second kappa shape index (κ2) is 7.77. The van der Waals surface area contributed by atoms with Crippen molar-refractivity contribution < 1.29 is 13.8 Å². The monoisotopic (exact) mass is 356 g/mol. The minimum Gasteiger partial charge on any atom is -0.337 e. The molecule has 0 bridgehead atoms. The van der Waals surface area contributed by atoms with Crippen molar-refractivity contribution in [2.45, 2.75) is 33.2 Å². The minimum atomic E-state index is -0.276. The van der Waals surface area contributed by atoms with Crippen molar-refractivity contribution in [1.29, 1.82) is 0 Å². The van der Waals surface area contributed by atoms with Crippen molar-refractivity contribution in [2.75, 3.05) is 12.4 Å². The van der Waals surface area contributed by atoms with E-state index in [1.807, 2.05) is 6.92 Å². The first-order chi connectivity index (χ1) is 12.5. The maximum atomic E-state index is 12.3. The van der Waals surface area contributed by atoms with Crippen LogP contribution >= 0.6 is 0 Å². The van der Waals surface area contributed by atoms with E-state index in [1.165, 1.54) is 4.90 Å². The summed E-state index contributed by atoms with van der Waals surface area (Å²) in [6.07, 6.45) is 1.69. The molecule has 9 nitrogen and oxygen atoms in total. The highest BCUT2D eigenvalue weighted by atomic mass is 16.5. The minimum absolute atomic E-state index is 0.238. The zero-order valence-electron chi connectivity index (χ0n) is 14.9. The SMILES string of the molecule is CCCc1noc(CN(C)C(=O)Nc2ccc(-c3nc(C)no3)cc2)n1. The van der Waals surface area contributed by atoms with Crippen LogP contribution in [-0.2, 0) is 13.0 Å². The van der Waals surface area contributed by atoms with Gasteiger partial charge in [-0.25, -0.2) is 4.79 Å². The molecule has 26 heavy (non-hydrogen) atoms. The van der Waals surface area contributed by atoms with E-state index in [1.54, 1.807) is 38.2 Å². The number of hydrogen-bond donors (Lipinski definition) is 1. The summed E-state index contributed by atoms with van der Waals surface area (Å²) in [4.78, 5) is 22.2. The van der Waals surface area contributed by atoms with E-state index in [9.17, 15) is 4.79 Å². The first kappa shape index (κ1) is 17.6. The fourth-order valence-electron chi connectivity index (χ4n) is 2.28. The van der Waals surface area contributed by atoms with Crippen molar-refractivity contribution in [3.63, 3.8) is 0 Å². The maximum Gasteiger partial charge on any atom is 0.322 e. The number of aryl methyl sites for hydroxylation is 2. The summed E-state index contributed by atoms with van der Waals surface area (Å²) in [7, 11) is 1.66. The van der Waals surface area contributed by atoms with E-state index < -0.39 is 0 Å². The number of rotatable bonds is 6. The maximum absolute atomic E-state index is 12.3. The number of anilines is 1. The van der Waals surface area contributed by atoms with Gasteiger partial charge in [0.15, 0.2) is 11.6 Å². The number of urea groups is 1. The Labute approximate surface area is 150 Å². The molecule has 0 spiro atoms. The molecule has 1 aromatic carbocycles. The first-order valence-corrected chi connectivity index (χ1v) is 8.29. The van der Waals surface area contributed by atoms with Gasteiger partial charge in [0.05, 0.1) is 0 Å². The highest BCUT2D eigenvalue weighted by Gasteiger charge is 2.14. The van der Waals surface area contributed by atoms with Gasteiger partial charge in [0.2, 0.25) is 5.89 Å². The van der Waals surface area contributed by atoms with Crippen molar-refractivity contribution in [1.82, 2.24) is 25.2 Å². The molecular weight excluding hydrogens is 336 g/mol. The molecule has 0 aliphatic carbocycles. The topological polar surface area (TPSA) is 110 Å². The lowest BCUT2D eigenvalue weighted by Gasteiger charge is -2.15. The van der Waals surface area contributed by atoms with Gasteiger partial charge in [-0.2, -0.15) is 9.97 Å². The molecule has 0 fully saturated rings. The number of nitrogens with zero attached hydrogens (tertiary/aromatic N) is 5. The number of carbonyl (C=O) groups excluding carboxylic acids is 1. The second-order valence-electron chi connectivity index (χ2n) is 5.86. The molecule has 0 radical (unpaired) electrons. The number of carbonyl (C=O) groups is 1. The molecule has 2 heterocycles. The molecule has 136 valence electrons. The van der Waals surface area contributed by atoms with Crippen molar-refractivity contribution in [3.05, 3.63) is 41.8 Å². The Morgan fingerprint density at radius 3 is 2.58 bits per heavy atom. The molecule has 0 aliphatic rings. The predicted octanol–water partition coefficient (Wildman–Crippen LogP) is 3.04. The second-order valence-corrected chi connectivity index (χ2v) is 5.86. The van der Waals surface area contributed by atoms with E-state index in [4.69, 9.17) is 9.05 Å². The third-order valence-corrected chi connectivity index (χ3v) is 3.61. The molecule has 0 atom stereocenters. The van der Waals surface area contributed by atoms with Crippen LogP contribution < -0.4 is 5.32 Å². The van der Waals surface area contributed by atoms with Gasteiger partial charge in [0, 0.05) is 24.7 Å². The number of benzene rings is 1. The fraction of sp³-hybridized carbons (Fsp3) is 0.353. The van der Waals surface area contributed by atoms with Crippen LogP contribution in [0.25, 0.3) is 11.5 Å². The van der Waals surface area contributed by atoms with Gasteiger partial charge < -0.3 is 19.3 Å². The summed E-state index contributed by atoms with van der Waals surface area (Å²) >= 11 is 0. The van der Waals surface area contributed by atoms with Gasteiger partial charge in [-0.3, -0.25) is 0 Å². The molecule has 0 saturated heterocycles. The Morgan fingerprint density at radius 2 is 1.92 bits per heavy atom. The first-order valence-electron chi connectivity index (χ1n) is 8.29. The predicted molar refractivity (Wildman–Crippen MR) is 93.2 cm³/mol. The quantitative estimate of drug-likeness (QED) is 0.722. The Morgan fingerprint density at radius 1 is 1.15 bits per heavy atom. The summed E-state index contributed by atoms with van der Waals surface area (Å²) in [5, 5.41) is 10.4. The Bertz CT molecular complexity index is 871. The van der Waals surface area contributed by atoms with Crippen LogP contribution in [-0.4, -0.2) is 38.3 Å². The van der Waals surface area contributed by atoms with Crippen LogP contribution in [0.15, 0.2) is 33.3 Å². The molecule has 0 saturated carbocycles. The van der Waals surface area contributed by atoms with E-state index in [2.05, 4.69) is 25.6 Å². The van der Waals surface area contributed by atoms with Crippen LogP contribution in [0.4, 0.5) is 10.5 Å². The molecule has 0 unspecified atom stereocenters. The number of hydrogen-bond acceptors (Lipinski definition) is 7. The smallest absolute Gasteiger partial charge is 0.322 e. The molecule has 9 heteroatoms. The molecule has 2 amide bonds. The summed E-state index contributed by atoms with van der Waals surface area (Å²) in [6, 6.07) is 6.87. The molecule has 1 N–H and O–H groups in total. The standard InChI is InChI=1S/C17H20N6O3/c1-4-5-14-20-15(25-22-14)10-23(3)17(24)19-13-8-6-12(7-9-13)16-18-11(2)21-26-16/h6-9H,4-5,10H2,1-3H3,(H,19,24). The Kier molecular flexibility index (Phi) is 5.26. The van der Waals surface area contributed by atoms with Crippen LogP contribution in [0.2, 0.25) is 0 Å². The van der Waals surface area contributed by atoms with Crippen molar-refractivity contribution in [3.8, 4) is 11.5 Å². The van der Waals surface area contributed by atoms with Gasteiger partial charge >= 0.3 is 6.03 Å². The average Bonchev–Trinajstić information content (AvgIpc) is 3.25. The van der Waals surface area contributed by atoms with Crippen molar-refractivity contribution in [2.24, 2.45) is 0 Å². The number of amides is 2. The van der Waals surface area contributed by atoms with E-state index in [0.29, 0.717) is 29.1 Å². The average molecular weight is 356 g/mol. The normalized spacial score (nSPS) is 10.7. The van der Waals surface area contributed by atoms with Crippen LogP contribution in [0, 0.1) is 6.92 Å². The fourth-order valence-corrected chi connectivity index (χ4v) is 2.28. The van der Waals surface area contributed by atoms with Gasteiger partial charge in [-0.15, -0.1) is 0 Å². The lowest BCUT2D eigenvalue weighted by Crippen LogP contribution is -2.30. The summed E-state index contributed by atoms with van der Waals surface area (Å²) in [6.45, 7) is 4.04.